The first-order valence-electron chi connectivity index (χ1n) is 8.77. The van der Waals surface area contributed by atoms with Crippen LogP contribution in [-0.4, -0.2) is 16.7 Å². The predicted octanol–water partition coefficient (Wildman–Crippen LogP) is 4.35. The summed E-state index contributed by atoms with van der Waals surface area (Å²) >= 11 is 2.66. The fourth-order valence-electron chi connectivity index (χ4n) is 3.52. The third-order valence-electron chi connectivity index (χ3n) is 4.92. The van der Waals surface area contributed by atoms with Gasteiger partial charge in [-0.15, -0.1) is 22.7 Å². The fraction of sp³-hybridized carbons (Fsp3) is 0.263. The average molecular weight is 415 g/mol. The maximum atomic E-state index is 12.8. The Morgan fingerprint density at radius 1 is 1.29 bits per heavy atom. The van der Waals surface area contributed by atoms with Crippen LogP contribution in [0.4, 0.5) is 10.7 Å². The number of thiophene rings is 2. The molecule has 2 heterocycles. The lowest BCUT2D eigenvalue weighted by atomic mass is 9.88. The van der Waals surface area contributed by atoms with Crippen molar-refractivity contribution in [2.75, 3.05) is 5.32 Å². The van der Waals surface area contributed by atoms with Crippen LogP contribution in [-0.2, 0) is 12.8 Å². The van der Waals surface area contributed by atoms with E-state index >= 15 is 0 Å². The highest BCUT2D eigenvalue weighted by molar-refractivity contribution is 7.21. The summed E-state index contributed by atoms with van der Waals surface area (Å²) in [6.45, 7) is 2.17. The molecule has 144 valence electrons. The Morgan fingerprint density at radius 3 is 2.79 bits per heavy atom. The van der Waals surface area contributed by atoms with Crippen molar-refractivity contribution in [2.24, 2.45) is 11.7 Å². The number of carbonyl (C=O) groups is 2. The summed E-state index contributed by atoms with van der Waals surface area (Å²) in [5.74, 6) is -0.346. The Bertz CT molecular complexity index is 1130. The second-order valence-corrected chi connectivity index (χ2v) is 9.15. The molecule has 1 aliphatic carbocycles. The normalized spacial score (nSPS) is 16.0. The van der Waals surface area contributed by atoms with E-state index in [0.29, 0.717) is 26.7 Å². The summed E-state index contributed by atoms with van der Waals surface area (Å²) < 4.78 is 0.783. The van der Waals surface area contributed by atoms with Crippen LogP contribution in [0.5, 0.6) is 0 Å². The predicted molar refractivity (Wildman–Crippen MR) is 110 cm³/mol. The van der Waals surface area contributed by atoms with Gasteiger partial charge in [0.1, 0.15) is 5.00 Å². The van der Waals surface area contributed by atoms with E-state index in [1.54, 1.807) is 12.1 Å². The number of benzene rings is 1. The van der Waals surface area contributed by atoms with Crippen molar-refractivity contribution >= 4 is 55.3 Å². The molecule has 9 heteroatoms. The van der Waals surface area contributed by atoms with Crippen LogP contribution in [0.3, 0.4) is 0 Å². The Labute approximate surface area is 168 Å². The number of amides is 2. The van der Waals surface area contributed by atoms with Crippen LogP contribution in [0.15, 0.2) is 24.3 Å². The monoisotopic (exact) mass is 415 g/mol. The molecule has 4 rings (SSSR count). The molecule has 0 saturated carbocycles. The number of fused-ring (bicyclic) bond motifs is 2. The Morgan fingerprint density at radius 2 is 2.07 bits per heavy atom. The molecule has 28 heavy (non-hydrogen) atoms. The van der Waals surface area contributed by atoms with Crippen molar-refractivity contribution in [3.05, 3.63) is 55.3 Å². The molecule has 0 bridgehead atoms. The summed E-state index contributed by atoms with van der Waals surface area (Å²) in [5.41, 5.74) is 6.94. The summed E-state index contributed by atoms with van der Waals surface area (Å²) in [4.78, 5) is 36.8. The lowest BCUT2D eigenvalue weighted by Crippen LogP contribution is -2.19. The van der Waals surface area contributed by atoms with Crippen LogP contribution < -0.4 is 11.1 Å². The molecule has 3 aromatic rings. The molecule has 1 atom stereocenters. The smallest absolute Gasteiger partial charge is 0.270 e. The van der Waals surface area contributed by atoms with Gasteiger partial charge in [-0.25, -0.2) is 0 Å². The summed E-state index contributed by atoms with van der Waals surface area (Å²) in [6, 6.07) is 6.12. The Balaban J connectivity index is 1.66. The maximum absolute atomic E-state index is 12.8. The zero-order chi connectivity index (χ0) is 20.0. The molecule has 1 aliphatic rings. The van der Waals surface area contributed by atoms with Gasteiger partial charge in [0.2, 0.25) is 0 Å². The Hall–Kier alpha value is -2.78. The number of nitrogens with one attached hydrogen (secondary N) is 1. The average Bonchev–Trinajstić information content (AvgIpc) is 3.21. The first-order valence-corrected chi connectivity index (χ1v) is 10.4. The molecule has 0 radical (unpaired) electrons. The molecule has 0 aliphatic heterocycles. The van der Waals surface area contributed by atoms with Gasteiger partial charge >= 0.3 is 0 Å². The minimum absolute atomic E-state index is 0.0201. The molecule has 7 nitrogen and oxygen atoms in total. The SMILES string of the molecule is C[C@@H]1CCc2c(sc(NC(=O)c3cc4cc([N+](=O)[O-])ccc4s3)c2C(N)=O)C1. The fourth-order valence-corrected chi connectivity index (χ4v) is 5.87. The lowest BCUT2D eigenvalue weighted by Gasteiger charge is -2.18. The second-order valence-electron chi connectivity index (χ2n) is 6.96. The van der Waals surface area contributed by atoms with Gasteiger partial charge in [-0.1, -0.05) is 6.92 Å². The number of rotatable bonds is 4. The number of nitrogens with zero attached hydrogens (tertiary/aromatic N) is 1. The Kier molecular flexibility index (Phi) is 4.64. The number of nitro benzene ring substituents is 1. The van der Waals surface area contributed by atoms with Crippen molar-refractivity contribution in [3.63, 3.8) is 0 Å². The number of primary amides is 1. The number of carbonyl (C=O) groups excluding carboxylic acids is 2. The highest BCUT2D eigenvalue weighted by Gasteiger charge is 2.27. The van der Waals surface area contributed by atoms with E-state index in [-0.39, 0.29) is 11.6 Å². The number of nitro groups is 1. The quantitative estimate of drug-likeness (QED) is 0.487. The van der Waals surface area contributed by atoms with Gasteiger partial charge in [-0.3, -0.25) is 19.7 Å². The number of nitrogens with two attached hydrogens (primary N) is 1. The van der Waals surface area contributed by atoms with E-state index < -0.39 is 10.8 Å². The van der Waals surface area contributed by atoms with E-state index in [4.69, 9.17) is 5.73 Å². The van der Waals surface area contributed by atoms with Crippen molar-refractivity contribution in [2.45, 2.75) is 26.2 Å². The summed E-state index contributed by atoms with van der Waals surface area (Å²) in [6.07, 6.45) is 2.66. The zero-order valence-corrected chi connectivity index (χ0v) is 16.6. The van der Waals surface area contributed by atoms with Crippen LogP contribution in [0, 0.1) is 16.0 Å². The molecule has 0 unspecified atom stereocenters. The van der Waals surface area contributed by atoms with Gasteiger partial charge in [0.15, 0.2) is 0 Å². The van der Waals surface area contributed by atoms with Crippen molar-refractivity contribution < 1.29 is 14.5 Å². The number of hydrogen-bond acceptors (Lipinski definition) is 6. The maximum Gasteiger partial charge on any atom is 0.270 e. The van der Waals surface area contributed by atoms with Crippen molar-refractivity contribution in [1.82, 2.24) is 0 Å². The van der Waals surface area contributed by atoms with Gasteiger partial charge in [0.05, 0.1) is 15.4 Å². The van der Waals surface area contributed by atoms with E-state index in [9.17, 15) is 19.7 Å². The number of hydrogen-bond donors (Lipinski definition) is 2. The standard InChI is InChI=1S/C19H17N3O4S2/c1-9-2-4-12-14(6-9)28-19(16(12)17(20)23)21-18(24)15-8-10-7-11(22(25)26)3-5-13(10)27-15/h3,5,7-9H,2,4,6H2,1H3,(H2,20,23)(H,21,24)/t9-/m1/s1. The highest BCUT2D eigenvalue weighted by atomic mass is 32.1. The zero-order valence-electron chi connectivity index (χ0n) is 15.0. The van der Waals surface area contributed by atoms with Gasteiger partial charge in [0, 0.05) is 27.1 Å². The van der Waals surface area contributed by atoms with Gasteiger partial charge in [0.25, 0.3) is 17.5 Å². The summed E-state index contributed by atoms with van der Waals surface area (Å²) in [5, 5.41) is 14.9. The number of non-ortho nitro benzene ring substituents is 1. The lowest BCUT2D eigenvalue weighted by molar-refractivity contribution is -0.384. The third kappa shape index (κ3) is 3.27. The summed E-state index contributed by atoms with van der Waals surface area (Å²) in [7, 11) is 0. The molecule has 2 amide bonds. The van der Waals surface area contributed by atoms with Crippen LogP contribution in [0.2, 0.25) is 0 Å². The first kappa shape index (κ1) is 18.6. The topological polar surface area (TPSA) is 115 Å². The highest BCUT2D eigenvalue weighted by Crippen LogP contribution is 2.40. The first-order chi connectivity index (χ1) is 13.3. The van der Waals surface area contributed by atoms with Crippen LogP contribution in [0.1, 0.15) is 43.8 Å². The molecule has 2 aromatic heterocycles. The second kappa shape index (κ2) is 6.99. The molecule has 1 aromatic carbocycles. The molecular weight excluding hydrogens is 398 g/mol. The van der Waals surface area contributed by atoms with Crippen LogP contribution in [0.25, 0.3) is 10.1 Å². The molecule has 3 N–H and O–H groups in total. The van der Waals surface area contributed by atoms with Crippen LogP contribution >= 0.6 is 22.7 Å². The van der Waals surface area contributed by atoms with E-state index in [1.807, 2.05) is 0 Å². The number of anilines is 1. The van der Waals surface area contributed by atoms with Gasteiger partial charge in [-0.2, -0.15) is 0 Å². The van der Waals surface area contributed by atoms with Gasteiger partial charge < -0.3 is 11.1 Å². The van der Waals surface area contributed by atoms with E-state index in [1.165, 1.54) is 34.8 Å². The van der Waals surface area contributed by atoms with Gasteiger partial charge in [-0.05, 0) is 42.9 Å². The molecule has 0 spiro atoms. The largest absolute Gasteiger partial charge is 0.365 e. The minimum atomic E-state index is -0.533. The van der Waals surface area contributed by atoms with E-state index in [0.717, 1.165) is 34.4 Å². The van der Waals surface area contributed by atoms with Crippen molar-refractivity contribution in [3.8, 4) is 0 Å². The minimum Gasteiger partial charge on any atom is -0.365 e. The molecule has 0 saturated heterocycles. The third-order valence-corrected chi connectivity index (χ3v) is 7.20. The molecular formula is C19H17N3O4S2. The van der Waals surface area contributed by atoms with E-state index in [2.05, 4.69) is 12.2 Å². The van der Waals surface area contributed by atoms with Crippen molar-refractivity contribution in [1.29, 1.82) is 0 Å². The molecule has 0 fully saturated rings.